The summed E-state index contributed by atoms with van der Waals surface area (Å²) in [6.45, 7) is 2.14. The molecule has 2 rings (SSSR count). The first-order valence-electron chi connectivity index (χ1n) is 6.43. The first-order valence-corrected chi connectivity index (χ1v) is 6.43. The van der Waals surface area contributed by atoms with E-state index in [-0.39, 0.29) is 0 Å². The number of ether oxygens (including phenoxy) is 1. The minimum absolute atomic E-state index is 0.358. The van der Waals surface area contributed by atoms with Gasteiger partial charge in [-0.05, 0) is 42.4 Å². The van der Waals surface area contributed by atoms with Crippen LogP contribution >= 0.6 is 0 Å². The van der Waals surface area contributed by atoms with Gasteiger partial charge >= 0.3 is 0 Å². The van der Waals surface area contributed by atoms with Crippen molar-refractivity contribution in [1.29, 1.82) is 0 Å². The Morgan fingerprint density at radius 3 is 2.88 bits per heavy atom. The number of rotatable bonds is 3. The molecular formula is C15H20O2. The molecule has 0 radical (unpaired) electrons. The van der Waals surface area contributed by atoms with Gasteiger partial charge in [0.25, 0.3) is 0 Å². The van der Waals surface area contributed by atoms with Crippen LogP contribution in [0.3, 0.4) is 0 Å². The summed E-state index contributed by atoms with van der Waals surface area (Å²) in [7, 11) is 1.71. The highest BCUT2D eigenvalue weighted by Gasteiger charge is 2.23. The van der Waals surface area contributed by atoms with Crippen LogP contribution in [0.25, 0.3) is 0 Å². The molecule has 0 bridgehead atoms. The summed E-state index contributed by atoms with van der Waals surface area (Å²) in [5, 5.41) is 0. The van der Waals surface area contributed by atoms with E-state index < -0.39 is 0 Å². The number of benzene rings is 1. The largest absolute Gasteiger partial charge is 0.496 e. The van der Waals surface area contributed by atoms with Crippen molar-refractivity contribution >= 4 is 5.78 Å². The number of hydrogen-bond donors (Lipinski definition) is 0. The number of carbonyl (C=O) groups is 1. The number of carbonyl (C=O) groups excluding carboxylic acids is 1. The van der Waals surface area contributed by atoms with Crippen LogP contribution in [0.5, 0.6) is 5.75 Å². The van der Waals surface area contributed by atoms with Crippen molar-refractivity contribution in [3.8, 4) is 5.75 Å². The molecule has 1 unspecified atom stereocenters. The molecule has 0 heterocycles. The van der Waals surface area contributed by atoms with Gasteiger partial charge in [-0.3, -0.25) is 4.79 Å². The van der Waals surface area contributed by atoms with Gasteiger partial charge < -0.3 is 4.74 Å². The molecule has 0 aromatic heterocycles. The normalized spacial score (nSPS) is 20.4. The Morgan fingerprint density at radius 1 is 1.41 bits per heavy atom. The Bertz CT molecular complexity index is 409. The summed E-state index contributed by atoms with van der Waals surface area (Å²) in [4.78, 5) is 11.5. The molecule has 0 amide bonds. The fraction of sp³-hybridized carbons (Fsp3) is 0.533. The average molecular weight is 232 g/mol. The van der Waals surface area contributed by atoms with E-state index in [1.807, 2.05) is 0 Å². The quantitative estimate of drug-likeness (QED) is 0.797. The second kappa shape index (κ2) is 5.35. The topological polar surface area (TPSA) is 26.3 Å². The molecular weight excluding hydrogens is 212 g/mol. The molecule has 0 spiro atoms. The van der Waals surface area contributed by atoms with Crippen LogP contribution in [-0.4, -0.2) is 12.9 Å². The number of ketones is 1. The third-order valence-corrected chi connectivity index (χ3v) is 3.63. The van der Waals surface area contributed by atoms with E-state index in [4.69, 9.17) is 4.74 Å². The van der Waals surface area contributed by atoms with Gasteiger partial charge in [0, 0.05) is 12.8 Å². The van der Waals surface area contributed by atoms with Crippen LogP contribution in [0.4, 0.5) is 0 Å². The zero-order valence-corrected chi connectivity index (χ0v) is 10.7. The standard InChI is InChI=1S/C15H20O2/c1-3-11-7-8-14(15(9-11)17-2)12-5-4-6-13(16)10-12/h7-9,12H,3-6,10H2,1-2H3. The van der Waals surface area contributed by atoms with Crippen molar-refractivity contribution < 1.29 is 9.53 Å². The van der Waals surface area contributed by atoms with Crippen molar-refractivity contribution in [2.75, 3.05) is 7.11 Å². The maximum atomic E-state index is 11.5. The third kappa shape index (κ3) is 2.68. The summed E-state index contributed by atoms with van der Waals surface area (Å²) in [6.07, 6.45) is 4.57. The van der Waals surface area contributed by atoms with E-state index in [9.17, 15) is 4.79 Å². The van der Waals surface area contributed by atoms with E-state index >= 15 is 0 Å². The lowest BCUT2D eigenvalue weighted by molar-refractivity contribution is -0.120. The molecule has 1 fully saturated rings. The zero-order valence-electron chi connectivity index (χ0n) is 10.7. The van der Waals surface area contributed by atoms with E-state index in [1.54, 1.807) is 7.11 Å². The first-order chi connectivity index (χ1) is 8.24. The minimum atomic E-state index is 0.358. The summed E-state index contributed by atoms with van der Waals surface area (Å²) < 4.78 is 5.46. The average Bonchev–Trinajstić information content (AvgIpc) is 2.38. The molecule has 1 atom stereocenters. The molecule has 1 aliphatic rings. The van der Waals surface area contributed by atoms with Crippen LogP contribution in [0.1, 0.15) is 49.7 Å². The Kier molecular flexibility index (Phi) is 3.82. The Labute approximate surface area is 103 Å². The molecule has 1 aromatic rings. The number of aryl methyl sites for hydroxylation is 1. The van der Waals surface area contributed by atoms with Gasteiger partial charge in [-0.1, -0.05) is 19.1 Å². The van der Waals surface area contributed by atoms with Crippen LogP contribution in [0.15, 0.2) is 18.2 Å². The van der Waals surface area contributed by atoms with E-state index in [1.165, 1.54) is 11.1 Å². The highest BCUT2D eigenvalue weighted by atomic mass is 16.5. The van der Waals surface area contributed by atoms with Crippen LogP contribution in [-0.2, 0) is 11.2 Å². The van der Waals surface area contributed by atoms with Gasteiger partial charge in [0.15, 0.2) is 0 Å². The highest BCUT2D eigenvalue weighted by molar-refractivity contribution is 5.80. The molecule has 0 aliphatic heterocycles. The molecule has 17 heavy (non-hydrogen) atoms. The first kappa shape index (κ1) is 12.2. The smallest absolute Gasteiger partial charge is 0.133 e. The van der Waals surface area contributed by atoms with Crippen molar-refractivity contribution in [3.63, 3.8) is 0 Å². The van der Waals surface area contributed by atoms with Crippen molar-refractivity contribution in [1.82, 2.24) is 0 Å². The molecule has 1 aromatic carbocycles. The van der Waals surface area contributed by atoms with Crippen molar-refractivity contribution in [3.05, 3.63) is 29.3 Å². The van der Waals surface area contributed by atoms with E-state index in [0.717, 1.165) is 31.4 Å². The van der Waals surface area contributed by atoms with Gasteiger partial charge in [0.05, 0.1) is 7.11 Å². The molecule has 1 saturated carbocycles. The van der Waals surface area contributed by atoms with Gasteiger partial charge in [-0.25, -0.2) is 0 Å². The lowest BCUT2D eigenvalue weighted by Crippen LogP contribution is -2.14. The Morgan fingerprint density at radius 2 is 2.24 bits per heavy atom. The Hall–Kier alpha value is -1.31. The minimum Gasteiger partial charge on any atom is -0.496 e. The number of methoxy groups -OCH3 is 1. The number of hydrogen-bond acceptors (Lipinski definition) is 2. The zero-order chi connectivity index (χ0) is 12.3. The summed E-state index contributed by atoms with van der Waals surface area (Å²) in [5.41, 5.74) is 2.49. The predicted octanol–water partition coefficient (Wildman–Crippen LogP) is 3.48. The molecule has 2 heteroatoms. The van der Waals surface area contributed by atoms with Gasteiger partial charge in [-0.2, -0.15) is 0 Å². The fourth-order valence-corrected chi connectivity index (χ4v) is 2.60. The van der Waals surface area contributed by atoms with Crippen molar-refractivity contribution in [2.45, 2.75) is 44.9 Å². The second-order valence-corrected chi connectivity index (χ2v) is 4.76. The molecule has 0 saturated heterocycles. The van der Waals surface area contributed by atoms with Crippen LogP contribution in [0.2, 0.25) is 0 Å². The molecule has 92 valence electrons. The summed E-state index contributed by atoms with van der Waals surface area (Å²) in [5.74, 6) is 1.70. The second-order valence-electron chi connectivity index (χ2n) is 4.76. The molecule has 2 nitrogen and oxygen atoms in total. The lowest BCUT2D eigenvalue weighted by Gasteiger charge is -2.23. The Balaban J connectivity index is 2.27. The maximum Gasteiger partial charge on any atom is 0.133 e. The summed E-state index contributed by atoms with van der Waals surface area (Å²) >= 11 is 0. The van der Waals surface area contributed by atoms with E-state index in [0.29, 0.717) is 18.1 Å². The summed E-state index contributed by atoms with van der Waals surface area (Å²) in [6, 6.07) is 6.40. The lowest BCUT2D eigenvalue weighted by atomic mass is 9.82. The predicted molar refractivity (Wildman–Crippen MR) is 68.6 cm³/mol. The number of Topliss-reactive ketones (excluding diaryl/α,β-unsaturated/α-hetero) is 1. The van der Waals surface area contributed by atoms with Crippen LogP contribution in [0, 0.1) is 0 Å². The van der Waals surface area contributed by atoms with Crippen LogP contribution < -0.4 is 4.74 Å². The monoisotopic (exact) mass is 232 g/mol. The molecule has 1 aliphatic carbocycles. The van der Waals surface area contributed by atoms with E-state index in [2.05, 4.69) is 25.1 Å². The third-order valence-electron chi connectivity index (χ3n) is 3.63. The van der Waals surface area contributed by atoms with Crippen molar-refractivity contribution in [2.24, 2.45) is 0 Å². The molecule has 0 N–H and O–H groups in total. The fourth-order valence-electron chi connectivity index (χ4n) is 2.60. The van der Waals surface area contributed by atoms with Gasteiger partial charge in [0.2, 0.25) is 0 Å². The van der Waals surface area contributed by atoms with Gasteiger partial charge in [0.1, 0.15) is 11.5 Å². The maximum absolute atomic E-state index is 11.5. The highest BCUT2D eigenvalue weighted by Crippen LogP contribution is 2.36. The SMILES string of the molecule is CCc1ccc(C2CCCC(=O)C2)c(OC)c1. The van der Waals surface area contributed by atoms with Gasteiger partial charge in [-0.15, -0.1) is 0 Å².